The van der Waals surface area contributed by atoms with E-state index in [-0.39, 0.29) is 0 Å². The first kappa shape index (κ1) is 8.80. The molecule has 0 aliphatic rings. The number of rotatable bonds is 2. The van der Waals surface area contributed by atoms with Gasteiger partial charge in [-0.3, -0.25) is 0 Å². The van der Waals surface area contributed by atoms with Crippen molar-refractivity contribution in [3.8, 4) is 0 Å². The van der Waals surface area contributed by atoms with Crippen molar-refractivity contribution in [2.24, 2.45) is 0 Å². The lowest BCUT2D eigenvalue weighted by molar-refractivity contribution is 0.492. The predicted molar refractivity (Wildman–Crippen MR) is 53.7 cm³/mol. The van der Waals surface area contributed by atoms with Crippen molar-refractivity contribution >= 4 is 5.82 Å². The molecule has 0 unspecified atom stereocenters. The fraction of sp³-hybridized carbons (Fsp3) is 0.333. The van der Waals surface area contributed by atoms with Crippen LogP contribution in [0.1, 0.15) is 11.4 Å². The van der Waals surface area contributed by atoms with Crippen LogP contribution in [0.4, 0.5) is 5.82 Å². The number of nitrogens with two attached hydrogens (primary N) is 1. The maximum atomic E-state index is 5.51. The van der Waals surface area contributed by atoms with E-state index in [2.05, 4.69) is 10.2 Å². The van der Waals surface area contributed by atoms with Crippen LogP contribution in [-0.4, -0.2) is 19.6 Å². The molecule has 2 rings (SSSR count). The van der Waals surface area contributed by atoms with E-state index in [0.717, 1.165) is 11.4 Å². The van der Waals surface area contributed by atoms with Gasteiger partial charge in [0, 0.05) is 18.0 Å². The average molecular weight is 191 g/mol. The SMILES string of the molecule is Cc1cc(C)n(Cn2ccc(N)n2)n1. The van der Waals surface area contributed by atoms with Crippen molar-refractivity contribution < 1.29 is 0 Å². The Bertz CT molecular complexity index is 440. The van der Waals surface area contributed by atoms with Crippen LogP contribution in [0.3, 0.4) is 0 Å². The van der Waals surface area contributed by atoms with E-state index in [1.54, 1.807) is 10.7 Å². The Morgan fingerprint density at radius 1 is 1.36 bits per heavy atom. The summed E-state index contributed by atoms with van der Waals surface area (Å²) in [5, 5.41) is 8.42. The van der Waals surface area contributed by atoms with Gasteiger partial charge in [-0.2, -0.15) is 10.2 Å². The number of anilines is 1. The summed E-state index contributed by atoms with van der Waals surface area (Å²) in [6, 6.07) is 3.80. The third-order valence-corrected chi connectivity index (χ3v) is 2.04. The third kappa shape index (κ3) is 1.61. The minimum atomic E-state index is 0.534. The molecule has 2 aromatic rings. The molecule has 74 valence electrons. The highest BCUT2D eigenvalue weighted by atomic mass is 15.4. The van der Waals surface area contributed by atoms with Gasteiger partial charge < -0.3 is 5.73 Å². The second-order valence-corrected chi connectivity index (χ2v) is 3.35. The Morgan fingerprint density at radius 2 is 2.14 bits per heavy atom. The summed E-state index contributed by atoms with van der Waals surface area (Å²) in [6.45, 7) is 4.60. The second kappa shape index (κ2) is 3.17. The molecule has 0 amide bonds. The molecule has 0 bridgehead atoms. The maximum absolute atomic E-state index is 5.51. The number of hydrogen-bond acceptors (Lipinski definition) is 3. The fourth-order valence-electron chi connectivity index (χ4n) is 1.41. The van der Waals surface area contributed by atoms with Crippen molar-refractivity contribution in [1.82, 2.24) is 19.6 Å². The lowest BCUT2D eigenvalue weighted by atomic mass is 10.4. The van der Waals surface area contributed by atoms with E-state index in [4.69, 9.17) is 5.73 Å². The maximum Gasteiger partial charge on any atom is 0.145 e. The molecule has 0 aliphatic carbocycles. The topological polar surface area (TPSA) is 61.7 Å². The first-order chi connectivity index (χ1) is 6.65. The molecule has 14 heavy (non-hydrogen) atoms. The van der Waals surface area contributed by atoms with Gasteiger partial charge in [0.05, 0.1) is 5.69 Å². The van der Waals surface area contributed by atoms with E-state index in [9.17, 15) is 0 Å². The van der Waals surface area contributed by atoms with Gasteiger partial charge in [-0.15, -0.1) is 0 Å². The molecular formula is C9H13N5. The average Bonchev–Trinajstić information content (AvgIpc) is 2.61. The van der Waals surface area contributed by atoms with Gasteiger partial charge in [-0.1, -0.05) is 0 Å². The van der Waals surface area contributed by atoms with Crippen molar-refractivity contribution in [2.45, 2.75) is 20.5 Å². The van der Waals surface area contributed by atoms with Crippen LogP contribution < -0.4 is 5.73 Å². The smallest absolute Gasteiger partial charge is 0.145 e. The molecule has 0 radical (unpaired) electrons. The van der Waals surface area contributed by atoms with Gasteiger partial charge in [0.1, 0.15) is 12.5 Å². The van der Waals surface area contributed by atoms with E-state index in [0.29, 0.717) is 12.5 Å². The van der Waals surface area contributed by atoms with E-state index in [1.165, 1.54) is 0 Å². The number of nitrogen functional groups attached to an aromatic ring is 1. The van der Waals surface area contributed by atoms with Gasteiger partial charge >= 0.3 is 0 Å². The van der Waals surface area contributed by atoms with Crippen molar-refractivity contribution in [2.75, 3.05) is 5.73 Å². The Morgan fingerprint density at radius 3 is 2.64 bits per heavy atom. The Labute approximate surface area is 82.1 Å². The van der Waals surface area contributed by atoms with Crippen LogP contribution in [-0.2, 0) is 6.67 Å². The lowest BCUT2D eigenvalue weighted by Crippen LogP contribution is -2.11. The summed E-state index contributed by atoms with van der Waals surface area (Å²) in [7, 11) is 0. The number of aryl methyl sites for hydroxylation is 2. The second-order valence-electron chi connectivity index (χ2n) is 3.35. The molecule has 2 heterocycles. The van der Waals surface area contributed by atoms with Gasteiger partial charge in [0.15, 0.2) is 0 Å². The summed E-state index contributed by atoms with van der Waals surface area (Å²) < 4.78 is 3.65. The summed E-state index contributed by atoms with van der Waals surface area (Å²) in [5.74, 6) is 0.534. The van der Waals surface area contributed by atoms with Crippen LogP contribution in [0, 0.1) is 13.8 Å². The summed E-state index contributed by atoms with van der Waals surface area (Å²) in [4.78, 5) is 0. The zero-order chi connectivity index (χ0) is 10.1. The van der Waals surface area contributed by atoms with Crippen LogP contribution >= 0.6 is 0 Å². The standard InChI is InChI=1S/C9H13N5/c1-7-5-8(2)14(11-7)6-13-4-3-9(10)12-13/h3-5H,6H2,1-2H3,(H2,10,12). The van der Waals surface area contributed by atoms with Crippen molar-refractivity contribution in [3.05, 3.63) is 29.7 Å². The van der Waals surface area contributed by atoms with Crippen LogP contribution in [0.25, 0.3) is 0 Å². The molecular weight excluding hydrogens is 178 g/mol. The molecule has 5 heteroatoms. The molecule has 0 saturated heterocycles. The quantitative estimate of drug-likeness (QED) is 0.763. The molecule has 0 aromatic carbocycles. The molecule has 0 saturated carbocycles. The molecule has 2 N–H and O–H groups in total. The molecule has 2 aromatic heterocycles. The highest BCUT2D eigenvalue weighted by molar-refractivity contribution is 5.23. The van der Waals surface area contributed by atoms with Crippen LogP contribution in [0.2, 0.25) is 0 Å². The Balaban J connectivity index is 2.22. The summed E-state index contributed by atoms with van der Waals surface area (Å²) >= 11 is 0. The van der Waals surface area contributed by atoms with Crippen molar-refractivity contribution in [1.29, 1.82) is 0 Å². The van der Waals surface area contributed by atoms with Gasteiger partial charge in [0.25, 0.3) is 0 Å². The minimum absolute atomic E-state index is 0.534. The first-order valence-corrected chi connectivity index (χ1v) is 4.45. The van der Waals surface area contributed by atoms with E-state index >= 15 is 0 Å². The summed E-state index contributed by atoms with van der Waals surface area (Å²) in [6.07, 6.45) is 1.84. The molecule has 5 nitrogen and oxygen atoms in total. The Kier molecular flexibility index (Phi) is 1.99. The van der Waals surface area contributed by atoms with E-state index < -0.39 is 0 Å². The predicted octanol–water partition coefficient (Wildman–Crippen LogP) is 0.784. The zero-order valence-corrected chi connectivity index (χ0v) is 8.31. The number of hydrogen-bond donors (Lipinski definition) is 1. The van der Waals surface area contributed by atoms with Gasteiger partial charge in [-0.05, 0) is 19.9 Å². The molecule has 0 atom stereocenters. The first-order valence-electron chi connectivity index (χ1n) is 4.45. The third-order valence-electron chi connectivity index (χ3n) is 2.04. The lowest BCUT2D eigenvalue weighted by Gasteiger charge is -2.03. The van der Waals surface area contributed by atoms with Crippen LogP contribution in [0.5, 0.6) is 0 Å². The highest BCUT2D eigenvalue weighted by Crippen LogP contribution is 2.03. The van der Waals surface area contributed by atoms with E-state index in [1.807, 2.05) is 30.8 Å². The van der Waals surface area contributed by atoms with Gasteiger partial charge in [0.2, 0.25) is 0 Å². The van der Waals surface area contributed by atoms with Crippen LogP contribution in [0.15, 0.2) is 18.3 Å². The van der Waals surface area contributed by atoms with Gasteiger partial charge in [-0.25, -0.2) is 9.36 Å². The fourth-order valence-corrected chi connectivity index (χ4v) is 1.41. The number of aromatic nitrogens is 4. The minimum Gasteiger partial charge on any atom is -0.382 e. The largest absolute Gasteiger partial charge is 0.382 e. The molecule has 0 fully saturated rings. The monoisotopic (exact) mass is 191 g/mol. The summed E-state index contributed by atoms with van der Waals surface area (Å²) in [5.41, 5.74) is 7.65. The molecule has 0 spiro atoms. The highest BCUT2D eigenvalue weighted by Gasteiger charge is 2.01. The normalized spacial score (nSPS) is 10.7. The Hall–Kier alpha value is -1.78. The zero-order valence-electron chi connectivity index (χ0n) is 8.31. The van der Waals surface area contributed by atoms with Crippen molar-refractivity contribution in [3.63, 3.8) is 0 Å². The number of nitrogens with zero attached hydrogens (tertiary/aromatic N) is 4. The molecule has 0 aliphatic heterocycles.